The average molecular weight is 224 g/mol. The van der Waals surface area contributed by atoms with Crippen LogP contribution in [0.5, 0.6) is 0 Å². The molecule has 2 heterocycles. The van der Waals surface area contributed by atoms with Crippen molar-refractivity contribution in [2.24, 2.45) is 0 Å². The van der Waals surface area contributed by atoms with Crippen LogP contribution in [0.25, 0.3) is 0 Å². The molecule has 82 valence electrons. The van der Waals surface area contributed by atoms with Crippen molar-refractivity contribution in [3.05, 3.63) is 11.8 Å². The standard InChI is InChI=1S/C10H16N4S/c1-7-6-9(11)14-10(12-7)13-8-2-4-15-5-3-8/h6,8H,2-5H2,1H3,(H3,11,12,13,14). The van der Waals surface area contributed by atoms with Gasteiger partial charge in [-0.15, -0.1) is 0 Å². The maximum Gasteiger partial charge on any atom is 0.225 e. The summed E-state index contributed by atoms with van der Waals surface area (Å²) in [5.41, 5.74) is 6.58. The van der Waals surface area contributed by atoms with Gasteiger partial charge in [0.15, 0.2) is 0 Å². The lowest BCUT2D eigenvalue weighted by atomic mass is 10.2. The lowest BCUT2D eigenvalue weighted by Crippen LogP contribution is -2.25. The molecule has 1 aliphatic heterocycles. The Hall–Kier alpha value is -0.970. The smallest absolute Gasteiger partial charge is 0.225 e. The molecule has 3 N–H and O–H groups in total. The topological polar surface area (TPSA) is 63.8 Å². The van der Waals surface area contributed by atoms with Crippen molar-refractivity contribution in [1.82, 2.24) is 9.97 Å². The predicted octanol–water partition coefficient (Wildman–Crippen LogP) is 1.67. The van der Waals surface area contributed by atoms with E-state index < -0.39 is 0 Å². The Balaban J connectivity index is 2.02. The second-order valence-electron chi connectivity index (χ2n) is 3.79. The molecule has 1 aliphatic rings. The summed E-state index contributed by atoms with van der Waals surface area (Å²) in [6, 6.07) is 2.29. The van der Waals surface area contributed by atoms with Crippen molar-refractivity contribution >= 4 is 23.5 Å². The van der Waals surface area contributed by atoms with Crippen LogP contribution in [0.3, 0.4) is 0 Å². The number of thioether (sulfide) groups is 1. The van der Waals surface area contributed by atoms with Gasteiger partial charge in [-0.1, -0.05) is 0 Å². The van der Waals surface area contributed by atoms with Crippen LogP contribution < -0.4 is 11.1 Å². The first-order chi connectivity index (χ1) is 7.24. The molecule has 5 heteroatoms. The summed E-state index contributed by atoms with van der Waals surface area (Å²) in [7, 11) is 0. The van der Waals surface area contributed by atoms with Crippen LogP contribution in [-0.2, 0) is 0 Å². The highest BCUT2D eigenvalue weighted by molar-refractivity contribution is 7.99. The van der Waals surface area contributed by atoms with E-state index in [1.165, 1.54) is 24.3 Å². The van der Waals surface area contributed by atoms with Crippen molar-refractivity contribution in [1.29, 1.82) is 0 Å². The maximum absolute atomic E-state index is 5.67. The van der Waals surface area contributed by atoms with E-state index in [-0.39, 0.29) is 0 Å². The highest BCUT2D eigenvalue weighted by Crippen LogP contribution is 2.19. The van der Waals surface area contributed by atoms with E-state index in [0.29, 0.717) is 17.8 Å². The zero-order valence-corrected chi connectivity index (χ0v) is 9.68. The fourth-order valence-electron chi connectivity index (χ4n) is 1.68. The largest absolute Gasteiger partial charge is 0.384 e. The highest BCUT2D eigenvalue weighted by Gasteiger charge is 2.14. The van der Waals surface area contributed by atoms with Crippen LogP contribution >= 0.6 is 11.8 Å². The molecule has 4 nitrogen and oxygen atoms in total. The van der Waals surface area contributed by atoms with Gasteiger partial charge in [0.1, 0.15) is 5.82 Å². The molecule has 0 spiro atoms. The summed E-state index contributed by atoms with van der Waals surface area (Å²) >= 11 is 2.01. The van der Waals surface area contributed by atoms with Gasteiger partial charge in [0, 0.05) is 17.8 Å². The number of nitrogens with zero attached hydrogens (tertiary/aromatic N) is 2. The second kappa shape index (κ2) is 4.70. The highest BCUT2D eigenvalue weighted by atomic mass is 32.2. The quantitative estimate of drug-likeness (QED) is 0.800. The molecule has 0 aromatic carbocycles. The first-order valence-corrected chi connectivity index (χ1v) is 6.35. The fourth-order valence-corrected chi connectivity index (χ4v) is 2.79. The lowest BCUT2D eigenvalue weighted by molar-refractivity contribution is 0.659. The summed E-state index contributed by atoms with van der Waals surface area (Å²) < 4.78 is 0. The lowest BCUT2D eigenvalue weighted by Gasteiger charge is -2.22. The van der Waals surface area contributed by atoms with Gasteiger partial charge in [-0.2, -0.15) is 16.7 Å². The summed E-state index contributed by atoms with van der Waals surface area (Å²) in [5.74, 6) is 3.65. The van der Waals surface area contributed by atoms with Crippen LogP contribution in [0.1, 0.15) is 18.5 Å². The zero-order valence-electron chi connectivity index (χ0n) is 8.86. The van der Waals surface area contributed by atoms with Crippen LogP contribution in [-0.4, -0.2) is 27.5 Å². The first kappa shape index (κ1) is 10.5. The Labute approximate surface area is 94.1 Å². The molecule has 15 heavy (non-hydrogen) atoms. The number of aromatic nitrogens is 2. The molecule has 0 saturated carbocycles. The fraction of sp³-hybridized carbons (Fsp3) is 0.600. The number of aryl methyl sites for hydroxylation is 1. The molecule has 0 amide bonds. The van der Waals surface area contributed by atoms with Crippen molar-refractivity contribution in [2.45, 2.75) is 25.8 Å². The SMILES string of the molecule is Cc1cc(N)nc(NC2CCSCC2)n1. The van der Waals surface area contributed by atoms with E-state index in [9.17, 15) is 0 Å². The third kappa shape index (κ3) is 2.99. The maximum atomic E-state index is 5.67. The molecule has 0 aliphatic carbocycles. The normalized spacial score (nSPS) is 17.7. The van der Waals surface area contributed by atoms with Crippen molar-refractivity contribution in [2.75, 3.05) is 22.6 Å². The van der Waals surface area contributed by atoms with Crippen molar-refractivity contribution in [3.63, 3.8) is 0 Å². The number of hydrogen-bond donors (Lipinski definition) is 2. The summed E-state index contributed by atoms with van der Waals surface area (Å²) in [5, 5.41) is 3.35. The van der Waals surface area contributed by atoms with Gasteiger partial charge in [0.25, 0.3) is 0 Å². The number of nitrogens with two attached hydrogens (primary N) is 1. The molecule has 1 saturated heterocycles. The predicted molar refractivity (Wildman–Crippen MR) is 65.2 cm³/mol. The molecule has 1 aromatic heterocycles. The van der Waals surface area contributed by atoms with Crippen LogP contribution in [0, 0.1) is 6.92 Å². The van der Waals surface area contributed by atoms with E-state index >= 15 is 0 Å². The van der Waals surface area contributed by atoms with E-state index in [2.05, 4.69) is 15.3 Å². The Morgan fingerprint density at radius 2 is 2.13 bits per heavy atom. The summed E-state index contributed by atoms with van der Waals surface area (Å²) in [6.07, 6.45) is 2.36. The molecular weight excluding hydrogens is 208 g/mol. The van der Waals surface area contributed by atoms with Gasteiger partial charge < -0.3 is 11.1 Å². The average Bonchev–Trinajstić information content (AvgIpc) is 2.17. The summed E-state index contributed by atoms with van der Waals surface area (Å²) in [4.78, 5) is 8.50. The van der Waals surface area contributed by atoms with Crippen molar-refractivity contribution in [3.8, 4) is 0 Å². The van der Waals surface area contributed by atoms with E-state index in [4.69, 9.17) is 5.73 Å². The molecule has 1 aromatic rings. The number of hydrogen-bond acceptors (Lipinski definition) is 5. The molecule has 0 radical (unpaired) electrons. The summed E-state index contributed by atoms with van der Waals surface area (Å²) in [6.45, 7) is 1.93. The van der Waals surface area contributed by atoms with Gasteiger partial charge in [-0.25, -0.2) is 4.98 Å². The zero-order chi connectivity index (χ0) is 10.7. The number of anilines is 2. The molecule has 0 unspecified atom stereocenters. The minimum Gasteiger partial charge on any atom is -0.384 e. The molecular formula is C10H16N4S. The minimum atomic E-state index is 0.507. The third-order valence-electron chi connectivity index (χ3n) is 2.43. The van der Waals surface area contributed by atoms with Crippen LogP contribution in [0.4, 0.5) is 11.8 Å². The third-order valence-corrected chi connectivity index (χ3v) is 3.48. The Kier molecular flexibility index (Phi) is 3.30. The molecule has 2 rings (SSSR count). The number of rotatable bonds is 2. The van der Waals surface area contributed by atoms with Crippen LogP contribution in [0.2, 0.25) is 0 Å². The monoisotopic (exact) mass is 224 g/mol. The Morgan fingerprint density at radius 1 is 1.40 bits per heavy atom. The molecule has 0 bridgehead atoms. The van der Waals surface area contributed by atoms with Gasteiger partial charge in [0.05, 0.1) is 0 Å². The van der Waals surface area contributed by atoms with E-state index in [0.717, 1.165) is 5.69 Å². The van der Waals surface area contributed by atoms with Crippen LogP contribution in [0.15, 0.2) is 6.07 Å². The number of nitrogens with one attached hydrogen (secondary N) is 1. The first-order valence-electron chi connectivity index (χ1n) is 5.19. The van der Waals surface area contributed by atoms with Gasteiger partial charge >= 0.3 is 0 Å². The van der Waals surface area contributed by atoms with E-state index in [1.807, 2.05) is 18.7 Å². The Bertz CT molecular complexity index is 316. The van der Waals surface area contributed by atoms with E-state index in [1.54, 1.807) is 6.07 Å². The molecule has 1 fully saturated rings. The second-order valence-corrected chi connectivity index (χ2v) is 5.01. The van der Waals surface area contributed by atoms with Gasteiger partial charge in [0.2, 0.25) is 5.95 Å². The Morgan fingerprint density at radius 3 is 2.80 bits per heavy atom. The van der Waals surface area contributed by atoms with Gasteiger partial charge in [-0.3, -0.25) is 0 Å². The van der Waals surface area contributed by atoms with Gasteiger partial charge in [-0.05, 0) is 31.3 Å². The molecule has 0 atom stereocenters. The minimum absolute atomic E-state index is 0.507. The number of nitrogen functional groups attached to an aromatic ring is 1. The van der Waals surface area contributed by atoms with Crippen molar-refractivity contribution < 1.29 is 0 Å².